The second-order valence-electron chi connectivity index (χ2n) is 5.59. The van der Waals surface area contributed by atoms with Gasteiger partial charge in [0.1, 0.15) is 6.54 Å². The van der Waals surface area contributed by atoms with E-state index in [0.29, 0.717) is 0 Å². The van der Waals surface area contributed by atoms with Crippen LogP contribution in [0.5, 0.6) is 0 Å². The van der Waals surface area contributed by atoms with Crippen molar-refractivity contribution < 1.29 is 18.0 Å². The fourth-order valence-electron chi connectivity index (χ4n) is 3.21. The zero-order valence-electron chi connectivity index (χ0n) is 12.6. The second kappa shape index (κ2) is 5.72. The number of carbonyl (C=O) groups excluding carboxylic acids is 1. The molecule has 2 nitrogen and oxygen atoms in total. The van der Waals surface area contributed by atoms with E-state index in [1.165, 1.54) is 0 Å². The standard InChI is InChI=1S/C18H16F3NO/c1-2-11-6-5-9-13-12-7-3-4-8-14(12)16(15(11)13)17(23)22-10-18(19,20)21/h3-9,16H,2,10H2,1H3,(H,22,23). The van der Waals surface area contributed by atoms with Crippen LogP contribution in [-0.2, 0) is 11.2 Å². The summed E-state index contributed by atoms with van der Waals surface area (Å²) in [6.07, 6.45) is -3.69. The summed E-state index contributed by atoms with van der Waals surface area (Å²) in [5.74, 6) is -1.28. The summed E-state index contributed by atoms with van der Waals surface area (Å²) in [7, 11) is 0. The highest BCUT2D eigenvalue weighted by Gasteiger charge is 2.37. The van der Waals surface area contributed by atoms with Crippen LogP contribution >= 0.6 is 0 Å². The van der Waals surface area contributed by atoms with Gasteiger partial charge >= 0.3 is 6.18 Å². The Bertz CT molecular complexity index is 752. The average molecular weight is 319 g/mol. The van der Waals surface area contributed by atoms with E-state index in [1.807, 2.05) is 48.6 Å². The topological polar surface area (TPSA) is 29.1 Å². The lowest BCUT2D eigenvalue weighted by molar-refractivity contribution is -0.138. The summed E-state index contributed by atoms with van der Waals surface area (Å²) >= 11 is 0. The average Bonchev–Trinajstić information content (AvgIpc) is 2.86. The normalized spacial score (nSPS) is 15.9. The number of amides is 1. The Morgan fingerprint density at radius 1 is 1.09 bits per heavy atom. The van der Waals surface area contributed by atoms with Gasteiger partial charge in [-0.25, -0.2) is 0 Å². The van der Waals surface area contributed by atoms with Crippen LogP contribution in [0.1, 0.15) is 29.5 Å². The van der Waals surface area contributed by atoms with Crippen molar-refractivity contribution in [3.63, 3.8) is 0 Å². The van der Waals surface area contributed by atoms with Crippen molar-refractivity contribution >= 4 is 5.91 Å². The van der Waals surface area contributed by atoms with Crippen LogP contribution in [0.4, 0.5) is 13.2 Å². The lowest BCUT2D eigenvalue weighted by atomic mass is 9.91. The van der Waals surface area contributed by atoms with Crippen molar-refractivity contribution in [3.05, 3.63) is 59.2 Å². The first kappa shape index (κ1) is 15.6. The Morgan fingerprint density at radius 3 is 2.48 bits per heavy atom. The van der Waals surface area contributed by atoms with Crippen LogP contribution in [0.15, 0.2) is 42.5 Å². The number of fused-ring (bicyclic) bond motifs is 3. The SMILES string of the molecule is CCc1cccc2c1C(C(=O)NCC(F)(F)F)c1ccccc1-2. The van der Waals surface area contributed by atoms with Gasteiger partial charge in [0.15, 0.2) is 0 Å². The Kier molecular flexibility index (Phi) is 3.88. The molecule has 0 saturated heterocycles. The minimum absolute atomic E-state index is 0.602. The van der Waals surface area contributed by atoms with E-state index in [0.717, 1.165) is 34.2 Å². The van der Waals surface area contributed by atoms with Gasteiger partial charge < -0.3 is 5.32 Å². The van der Waals surface area contributed by atoms with E-state index < -0.39 is 24.5 Å². The first-order valence-electron chi connectivity index (χ1n) is 7.48. The molecule has 1 aliphatic carbocycles. The summed E-state index contributed by atoms with van der Waals surface area (Å²) in [5, 5.41) is 2.03. The number of halogens is 3. The highest BCUT2D eigenvalue weighted by Crippen LogP contribution is 2.46. The van der Waals surface area contributed by atoms with Crippen LogP contribution in [-0.4, -0.2) is 18.6 Å². The maximum atomic E-state index is 12.5. The molecule has 0 saturated carbocycles. The first-order chi connectivity index (χ1) is 10.9. The van der Waals surface area contributed by atoms with Crippen LogP contribution in [0.25, 0.3) is 11.1 Å². The summed E-state index contributed by atoms with van der Waals surface area (Å²) in [5.41, 5.74) is 4.45. The van der Waals surface area contributed by atoms with E-state index in [1.54, 1.807) is 6.07 Å². The molecule has 1 atom stereocenters. The van der Waals surface area contributed by atoms with Crippen molar-refractivity contribution in [2.45, 2.75) is 25.4 Å². The molecule has 2 aromatic rings. The lowest BCUT2D eigenvalue weighted by Gasteiger charge is -2.17. The minimum atomic E-state index is -4.42. The number of hydrogen-bond donors (Lipinski definition) is 1. The number of alkyl halides is 3. The maximum Gasteiger partial charge on any atom is 0.405 e. The molecule has 0 fully saturated rings. The smallest absolute Gasteiger partial charge is 0.346 e. The highest BCUT2D eigenvalue weighted by atomic mass is 19.4. The van der Waals surface area contributed by atoms with E-state index in [2.05, 4.69) is 0 Å². The first-order valence-corrected chi connectivity index (χ1v) is 7.48. The number of hydrogen-bond acceptors (Lipinski definition) is 1. The fourth-order valence-corrected chi connectivity index (χ4v) is 3.21. The van der Waals surface area contributed by atoms with E-state index in [4.69, 9.17) is 0 Å². The number of carbonyl (C=O) groups is 1. The zero-order chi connectivity index (χ0) is 16.6. The largest absolute Gasteiger partial charge is 0.405 e. The molecule has 0 aliphatic heterocycles. The Hall–Kier alpha value is -2.30. The van der Waals surface area contributed by atoms with E-state index in [-0.39, 0.29) is 0 Å². The molecular formula is C18H16F3NO. The van der Waals surface area contributed by atoms with Crippen molar-refractivity contribution in [3.8, 4) is 11.1 Å². The van der Waals surface area contributed by atoms with Crippen LogP contribution < -0.4 is 5.32 Å². The van der Waals surface area contributed by atoms with Gasteiger partial charge in [-0.2, -0.15) is 13.2 Å². The molecule has 23 heavy (non-hydrogen) atoms. The fraction of sp³-hybridized carbons (Fsp3) is 0.278. The summed E-state index contributed by atoms with van der Waals surface area (Å²) in [6.45, 7) is 0.664. The molecule has 1 unspecified atom stereocenters. The summed E-state index contributed by atoms with van der Waals surface area (Å²) in [6, 6.07) is 13.2. The predicted octanol–water partition coefficient (Wildman–Crippen LogP) is 4.04. The van der Waals surface area contributed by atoms with E-state index in [9.17, 15) is 18.0 Å². The van der Waals surface area contributed by atoms with Gasteiger partial charge in [0.05, 0.1) is 5.92 Å². The van der Waals surface area contributed by atoms with Crippen LogP contribution in [0, 0.1) is 0 Å². The third-order valence-corrected chi connectivity index (χ3v) is 4.15. The van der Waals surface area contributed by atoms with Crippen molar-refractivity contribution in [2.75, 3.05) is 6.54 Å². The molecule has 120 valence electrons. The van der Waals surface area contributed by atoms with Gasteiger partial charge in [-0.3, -0.25) is 4.79 Å². The number of aryl methyl sites for hydroxylation is 1. The van der Waals surface area contributed by atoms with Crippen molar-refractivity contribution in [2.24, 2.45) is 0 Å². The quantitative estimate of drug-likeness (QED) is 0.909. The van der Waals surface area contributed by atoms with Gasteiger partial charge in [-0.1, -0.05) is 49.4 Å². The molecule has 1 N–H and O–H groups in total. The molecule has 2 aromatic carbocycles. The number of benzene rings is 2. The van der Waals surface area contributed by atoms with Gasteiger partial charge in [-0.15, -0.1) is 0 Å². The van der Waals surface area contributed by atoms with Crippen LogP contribution in [0.3, 0.4) is 0 Å². The van der Waals surface area contributed by atoms with Gasteiger partial charge in [0, 0.05) is 0 Å². The summed E-state index contributed by atoms with van der Waals surface area (Å²) in [4.78, 5) is 12.5. The molecule has 0 spiro atoms. The third-order valence-electron chi connectivity index (χ3n) is 4.15. The van der Waals surface area contributed by atoms with Gasteiger partial charge in [-0.05, 0) is 34.2 Å². The molecule has 3 rings (SSSR count). The second-order valence-corrected chi connectivity index (χ2v) is 5.59. The Balaban J connectivity index is 2.05. The van der Waals surface area contributed by atoms with Gasteiger partial charge in [0.2, 0.25) is 5.91 Å². The van der Waals surface area contributed by atoms with Crippen molar-refractivity contribution in [1.82, 2.24) is 5.32 Å². The molecule has 1 amide bonds. The third kappa shape index (κ3) is 2.83. The Labute approximate surface area is 132 Å². The minimum Gasteiger partial charge on any atom is -0.346 e. The molecule has 1 aliphatic rings. The monoisotopic (exact) mass is 319 g/mol. The van der Waals surface area contributed by atoms with E-state index >= 15 is 0 Å². The highest BCUT2D eigenvalue weighted by molar-refractivity contribution is 5.96. The van der Waals surface area contributed by atoms with Crippen molar-refractivity contribution in [1.29, 1.82) is 0 Å². The molecular weight excluding hydrogens is 303 g/mol. The number of nitrogens with one attached hydrogen (secondary N) is 1. The lowest BCUT2D eigenvalue weighted by Crippen LogP contribution is -2.37. The predicted molar refractivity (Wildman–Crippen MR) is 82.2 cm³/mol. The summed E-state index contributed by atoms with van der Waals surface area (Å²) < 4.78 is 37.3. The van der Waals surface area contributed by atoms with Gasteiger partial charge in [0.25, 0.3) is 0 Å². The zero-order valence-corrected chi connectivity index (χ0v) is 12.6. The molecule has 0 bridgehead atoms. The Morgan fingerprint density at radius 2 is 1.78 bits per heavy atom. The maximum absolute atomic E-state index is 12.5. The molecule has 0 heterocycles. The molecule has 0 radical (unpaired) electrons. The molecule has 5 heteroatoms. The number of rotatable bonds is 3. The molecule has 0 aromatic heterocycles. The van der Waals surface area contributed by atoms with Crippen LogP contribution in [0.2, 0.25) is 0 Å².